The summed E-state index contributed by atoms with van der Waals surface area (Å²) in [7, 11) is 2.96. The van der Waals surface area contributed by atoms with Gasteiger partial charge in [-0.25, -0.2) is 0 Å². The number of hydrogen-bond donors (Lipinski definition) is 1. The Balaban J connectivity index is 2.00. The molecule has 1 atom stereocenters. The lowest BCUT2D eigenvalue weighted by molar-refractivity contribution is -0.125. The number of benzene rings is 2. The van der Waals surface area contributed by atoms with Crippen LogP contribution in [0.2, 0.25) is 5.02 Å². The highest BCUT2D eigenvalue weighted by atomic mass is 35.5. The lowest BCUT2D eigenvalue weighted by Crippen LogP contribution is -2.40. The minimum absolute atomic E-state index is 0.0164. The first kappa shape index (κ1) is 22.9. The summed E-state index contributed by atoms with van der Waals surface area (Å²) < 4.78 is 21.0. The van der Waals surface area contributed by atoms with Crippen LogP contribution in [0.15, 0.2) is 36.4 Å². The molecular formula is C22H25ClN2O6. The quantitative estimate of drug-likeness (QED) is 0.593. The molecule has 0 aromatic heterocycles. The van der Waals surface area contributed by atoms with Crippen molar-refractivity contribution in [3.8, 4) is 11.5 Å². The highest BCUT2D eigenvalue weighted by Crippen LogP contribution is 2.39. The van der Waals surface area contributed by atoms with E-state index in [4.69, 9.17) is 30.5 Å². The van der Waals surface area contributed by atoms with Crippen LogP contribution in [0, 0.1) is 0 Å². The first-order chi connectivity index (χ1) is 15.0. The van der Waals surface area contributed by atoms with Crippen molar-refractivity contribution in [2.75, 3.05) is 34.4 Å². The molecule has 0 bridgehead atoms. The van der Waals surface area contributed by atoms with Gasteiger partial charge in [0, 0.05) is 33.4 Å². The lowest BCUT2D eigenvalue weighted by atomic mass is 10.0. The normalized spacial score (nSPS) is 14.8. The molecule has 0 spiro atoms. The zero-order valence-corrected chi connectivity index (χ0v) is 18.4. The Morgan fingerprint density at radius 3 is 2.45 bits per heavy atom. The Morgan fingerprint density at radius 2 is 1.77 bits per heavy atom. The zero-order valence-electron chi connectivity index (χ0n) is 17.6. The molecule has 0 saturated heterocycles. The number of methoxy groups -OCH3 is 2. The molecule has 1 aliphatic rings. The number of amides is 2. The summed E-state index contributed by atoms with van der Waals surface area (Å²) in [6.45, 7) is 2.49. The summed E-state index contributed by atoms with van der Waals surface area (Å²) in [5.41, 5.74) is 1.92. The first-order valence-electron chi connectivity index (χ1n) is 9.75. The molecule has 1 N–H and O–H groups in total. The van der Waals surface area contributed by atoms with E-state index in [1.54, 1.807) is 0 Å². The minimum atomic E-state index is -0.748. The average molecular weight is 449 g/mol. The third-order valence-electron chi connectivity index (χ3n) is 4.79. The maximum absolute atomic E-state index is 13.6. The summed E-state index contributed by atoms with van der Waals surface area (Å²) >= 11 is 6.34. The zero-order chi connectivity index (χ0) is 22.4. The molecule has 2 amide bonds. The summed E-state index contributed by atoms with van der Waals surface area (Å²) in [4.78, 5) is 27.9. The van der Waals surface area contributed by atoms with Gasteiger partial charge in [0.2, 0.25) is 5.91 Å². The number of hydrogen-bond acceptors (Lipinski definition) is 6. The van der Waals surface area contributed by atoms with Crippen molar-refractivity contribution in [1.82, 2.24) is 10.2 Å². The molecule has 1 aliphatic heterocycles. The summed E-state index contributed by atoms with van der Waals surface area (Å²) in [5, 5.41) is 3.03. The molecule has 0 aliphatic carbocycles. The highest BCUT2D eigenvalue weighted by Gasteiger charge is 2.39. The summed E-state index contributed by atoms with van der Waals surface area (Å²) in [5.74, 6) is -0.103. The molecule has 0 radical (unpaired) electrons. The highest BCUT2D eigenvalue weighted by molar-refractivity contribution is 6.32. The number of rotatable bonds is 9. The molecule has 3 rings (SSSR count). The van der Waals surface area contributed by atoms with Gasteiger partial charge in [-0.2, -0.15) is 0 Å². The molecule has 2 aromatic rings. The van der Waals surface area contributed by atoms with Crippen molar-refractivity contribution in [3.05, 3.63) is 58.1 Å². The van der Waals surface area contributed by atoms with Crippen molar-refractivity contribution in [2.24, 2.45) is 0 Å². The van der Waals surface area contributed by atoms with Gasteiger partial charge in [-0.05, 0) is 24.1 Å². The van der Waals surface area contributed by atoms with Crippen LogP contribution in [0.25, 0.3) is 0 Å². The Hall–Kier alpha value is -2.81. The van der Waals surface area contributed by atoms with Gasteiger partial charge in [0.15, 0.2) is 13.6 Å². The van der Waals surface area contributed by atoms with Crippen LogP contribution in [0.3, 0.4) is 0 Å². The molecule has 1 heterocycles. The van der Waals surface area contributed by atoms with Crippen LogP contribution in [-0.2, 0) is 20.8 Å². The largest absolute Gasteiger partial charge is 0.467 e. The van der Waals surface area contributed by atoms with Gasteiger partial charge in [-0.3, -0.25) is 9.59 Å². The van der Waals surface area contributed by atoms with E-state index in [-0.39, 0.29) is 35.8 Å². The number of nitrogens with zero attached hydrogens (tertiary/aromatic N) is 1. The number of likely N-dealkylation sites (N-methyl/N-ethyl adjacent to an activating group) is 1. The molecule has 166 valence electrons. The molecule has 2 aromatic carbocycles. The van der Waals surface area contributed by atoms with Gasteiger partial charge in [0.05, 0.1) is 10.6 Å². The maximum atomic E-state index is 13.6. The molecule has 8 nitrogen and oxygen atoms in total. The van der Waals surface area contributed by atoms with Crippen LogP contribution in [0.1, 0.15) is 34.5 Å². The molecule has 1 unspecified atom stereocenters. The van der Waals surface area contributed by atoms with Gasteiger partial charge < -0.3 is 29.2 Å². The van der Waals surface area contributed by atoms with E-state index in [9.17, 15) is 9.59 Å². The van der Waals surface area contributed by atoms with E-state index in [2.05, 4.69) is 5.32 Å². The number of nitrogens with one attached hydrogen (secondary N) is 1. The van der Waals surface area contributed by atoms with Crippen LogP contribution in [-0.4, -0.2) is 51.1 Å². The van der Waals surface area contributed by atoms with Crippen LogP contribution in [0.5, 0.6) is 11.5 Å². The van der Waals surface area contributed by atoms with Gasteiger partial charge in [-0.1, -0.05) is 35.9 Å². The van der Waals surface area contributed by atoms with E-state index in [0.29, 0.717) is 18.8 Å². The number of halogens is 1. The molecule has 31 heavy (non-hydrogen) atoms. The second-order valence-corrected chi connectivity index (χ2v) is 7.22. The third-order valence-corrected chi connectivity index (χ3v) is 5.09. The van der Waals surface area contributed by atoms with Gasteiger partial charge >= 0.3 is 0 Å². The number of carbonyl (C=O) groups excluding carboxylic acids is 2. The van der Waals surface area contributed by atoms with Crippen molar-refractivity contribution in [1.29, 1.82) is 0 Å². The van der Waals surface area contributed by atoms with Gasteiger partial charge in [0.25, 0.3) is 5.91 Å². The minimum Gasteiger partial charge on any atom is -0.467 e. The smallest absolute Gasteiger partial charge is 0.258 e. The standard InChI is InChI=1S/C22H25ClN2O6/c1-4-24-21(26)20-15-8-6-5-7-14(15)11-25(20)22(27)16-9-17(23)19(31-13-29-3)10-18(16)30-12-28-2/h5-10,20H,4,11-13H2,1-3H3,(H,24,26). The third kappa shape index (κ3) is 4.92. The molecular weight excluding hydrogens is 424 g/mol. The van der Waals surface area contributed by atoms with Gasteiger partial charge in [-0.15, -0.1) is 0 Å². The number of ether oxygens (including phenoxy) is 4. The van der Waals surface area contributed by atoms with E-state index in [1.165, 1.54) is 31.3 Å². The van der Waals surface area contributed by atoms with Crippen molar-refractivity contribution < 1.29 is 28.5 Å². The van der Waals surface area contributed by atoms with Crippen molar-refractivity contribution in [2.45, 2.75) is 19.5 Å². The Kier molecular flexibility index (Phi) is 7.73. The van der Waals surface area contributed by atoms with Crippen LogP contribution < -0.4 is 14.8 Å². The average Bonchev–Trinajstić information content (AvgIpc) is 3.16. The molecule has 0 fully saturated rings. The number of fused-ring (bicyclic) bond motifs is 1. The maximum Gasteiger partial charge on any atom is 0.258 e. The van der Waals surface area contributed by atoms with Crippen LogP contribution >= 0.6 is 11.6 Å². The SMILES string of the molecule is CCNC(=O)C1c2ccccc2CN1C(=O)c1cc(Cl)c(OCOC)cc1OCOC. The van der Waals surface area contributed by atoms with Crippen molar-refractivity contribution in [3.63, 3.8) is 0 Å². The molecule has 0 saturated carbocycles. The van der Waals surface area contributed by atoms with Crippen molar-refractivity contribution >= 4 is 23.4 Å². The second-order valence-electron chi connectivity index (χ2n) is 6.81. The topological polar surface area (TPSA) is 86.3 Å². The lowest BCUT2D eigenvalue weighted by Gasteiger charge is -2.25. The summed E-state index contributed by atoms with van der Waals surface area (Å²) in [6, 6.07) is 9.74. The second kappa shape index (κ2) is 10.5. The van der Waals surface area contributed by atoms with E-state index < -0.39 is 11.9 Å². The fourth-order valence-corrected chi connectivity index (χ4v) is 3.68. The van der Waals surface area contributed by atoms with E-state index in [1.807, 2.05) is 31.2 Å². The Bertz CT molecular complexity index is 952. The molecule has 9 heteroatoms. The van der Waals surface area contributed by atoms with E-state index in [0.717, 1.165) is 11.1 Å². The summed E-state index contributed by atoms with van der Waals surface area (Å²) in [6.07, 6.45) is 0. The van der Waals surface area contributed by atoms with Crippen LogP contribution in [0.4, 0.5) is 0 Å². The fourth-order valence-electron chi connectivity index (χ4n) is 3.46. The first-order valence-corrected chi connectivity index (χ1v) is 10.1. The Labute approximate surface area is 186 Å². The number of carbonyl (C=O) groups is 2. The Morgan fingerprint density at radius 1 is 1.10 bits per heavy atom. The fraction of sp³-hybridized carbons (Fsp3) is 0.364. The monoisotopic (exact) mass is 448 g/mol. The van der Waals surface area contributed by atoms with Gasteiger partial charge in [0.1, 0.15) is 17.5 Å². The predicted molar refractivity (Wildman–Crippen MR) is 114 cm³/mol. The van der Waals surface area contributed by atoms with E-state index >= 15 is 0 Å². The predicted octanol–water partition coefficient (Wildman–Crippen LogP) is 3.14.